The first kappa shape index (κ1) is 17.5. The predicted octanol–water partition coefficient (Wildman–Crippen LogP) is 4.57. The molecule has 0 aliphatic rings. The molecule has 1 aromatic carbocycles. The van der Waals surface area contributed by atoms with E-state index >= 15 is 0 Å². The lowest BCUT2D eigenvalue weighted by atomic mass is 9.78. The van der Waals surface area contributed by atoms with Crippen molar-refractivity contribution < 1.29 is 14.6 Å². The number of ether oxygens (including phenoxy) is 1. The number of carboxylic acids is 1. The monoisotopic (exact) mass is 292 g/mol. The van der Waals surface area contributed by atoms with E-state index in [0.29, 0.717) is 6.42 Å². The largest absolute Gasteiger partial charge is 0.496 e. The van der Waals surface area contributed by atoms with Gasteiger partial charge in [-0.15, -0.1) is 0 Å². The zero-order valence-electron chi connectivity index (χ0n) is 13.7. The number of hydrogen-bond donors (Lipinski definition) is 1. The summed E-state index contributed by atoms with van der Waals surface area (Å²) in [5.74, 6) is 0.144. The summed E-state index contributed by atoms with van der Waals surface area (Å²) in [6, 6.07) is 6.05. The van der Waals surface area contributed by atoms with Gasteiger partial charge in [-0.3, -0.25) is 4.79 Å². The molecule has 3 nitrogen and oxygen atoms in total. The number of rotatable bonds is 9. The summed E-state index contributed by atoms with van der Waals surface area (Å²) in [6.07, 6.45) is 5.50. The third-order valence-electron chi connectivity index (χ3n) is 4.03. The molecule has 1 rings (SSSR count). The summed E-state index contributed by atoms with van der Waals surface area (Å²) >= 11 is 0. The van der Waals surface area contributed by atoms with E-state index in [1.54, 1.807) is 7.11 Å². The van der Waals surface area contributed by atoms with Crippen molar-refractivity contribution in [3.8, 4) is 5.75 Å². The van der Waals surface area contributed by atoms with Gasteiger partial charge in [0.2, 0.25) is 0 Å². The van der Waals surface area contributed by atoms with Crippen molar-refractivity contribution in [1.82, 2.24) is 0 Å². The summed E-state index contributed by atoms with van der Waals surface area (Å²) < 4.78 is 5.50. The fraction of sp³-hybridized carbons (Fsp3) is 0.611. The number of aryl methyl sites for hydroxylation is 1. The van der Waals surface area contributed by atoms with Crippen LogP contribution in [-0.4, -0.2) is 18.2 Å². The summed E-state index contributed by atoms with van der Waals surface area (Å²) in [4.78, 5) is 10.7. The van der Waals surface area contributed by atoms with E-state index in [9.17, 15) is 4.79 Å². The zero-order chi connectivity index (χ0) is 15.9. The molecule has 0 aliphatic carbocycles. The third-order valence-corrected chi connectivity index (χ3v) is 4.03. The molecular formula is C18H28O3. The normalized spacial score (nSPS) is 11.4. The van der Waals surface area contributed by atoms with Gasteiger partial charge in [0.05, 0.1) is 7.11 Å². The Kier molecular flexibility index (Phi) is 6.73. The number of aliphatic carboxylic acids is 1. The van der Waals surface area contributed by atoms with Crippen LogP contribution in [0.2, 0.25) is 0 Å². The van der Waals surface area contributed by atoms with Crippen molar-refractivity contribution in [3.63, 3.8) is 0 Å². The van der Waals surface area contributed by atoms with Crippen LogP contribution in [0.5, 0.6) is 5.75 Å². The lowest BCUT2D eigenvalue weighted by Gasteiger charge is -2.28. The molecule has 1 aromatic rings. The molecule has 0 bridgehead atoms. The topological polar surface area (TPSA) is 46.5 Å². The Morgan fingerprint density at radius 2 is 2.00 bits per heavy atom. The van der Waals surface area contributed by atoms with Crippen molar-refractivity contribution in [1.29, 1.82) is 0 Å². The fourth-order valence-corrected chi connectivity index (χ4v) is 2.64. The van der Waals surface area contributed by atoms with Crippen LogP contribution in [0.15, 0.2) is 18.2 Å². The molecule has 0 unspecified atom stereocenters. The second-order valence-electron chi connectivity index (χ2n) is 6.27. The number of methoxy groups -OCH3 is 1. The van der Waals surface area contributed by atoms with E-state index < -0.39 is 5.97 Å². The molecule has 0 amide bonds. The molecule has 0 radical (unpaired) electrons. The van der Waals surface area contributed by atoms with E-state index in [0.717, 1.165) is 17.7 Å². The summed E-state index contributed by atoms with van der Waals surface area (Å²) in [5.41, 5.74) is 2.29. The average molecular weight is 292 g/mol. The highest BCUT2D eigenvalue weighted by molar-refractivity contribution is 5.67. The first-order chi connectivity index (χ1) is 9.90. The van der Waals surface area contributed by atoms with Crippen LogP contribution >= 0.6 is 0 Å². The van der Waals surface area contributed by atoms with Gasteiger partial charge in [-0.25, -0.2) is 0 Å². The minimum absolute atomic E-state index is 0.0414. The van der Waals surface area contributed by atoms with Crippen LogP contribution in [0.1, 0.15) is 64.0 Å². The molecule has 21 heavy (non-hydrogen) atoms. The highest BCUT2D eigenvalue weighted by Gasteiger charge is 2.24. The number of benzene rings is 1. The first-order valence-corrected chi connectivity index (χ1v) is 7.80. The van der Waals surface area contributed by atoms with E-state index in [-0.39, 0.29) is 11.8 Å². The van der Waals surface area contributed by atoms with Gasteiger partial charge in [-0.05, 0) is 29.9 Å². The number of unbranched alkanes of at least 4 members (excludes halogenated alkanes) is 2. The second-order valence-corrected chi connectivity index (χ2v) is 6.27. The predicted molar refractivity (Wildman–Crippen MR) is 86.1 cm³/mol. The van der Waals surface area contributed by atoms with Crippen LogP contribution in [0.3, 0.4) is 0 Å². The molecule has 0 saturated heterocycles. The fourth-order valence-electron chi connectivity index (χ4n) is 2.64. The van der Waals surface area contributed by atoms with Crippen molar-refractivity contribution >= 4 is 5.97 Å². The van der Waals surface area contributed by atoms with Gasteiger partial charge >= 0.3 is 5.97 Å². The van der Waals surface area contributed by atoms with Crippen LogP contribution in [0.4, 0.5) is 0 Å². The third kappa shape index (κ3) is 5.41. The van der Waals surface area contributed by atoms with Crippen LogP contribution < -0.4 is 4.74 Å². The van der Waals surface area contributed by atoms with E-state index in [4.69, 9.17) is 9.84 Å². The molecule has 0 aromatic heterocycles. The van der Waals surface area contributed by atoms with Gasteiger partial charge < -0.3 is 9.84 Å². The van der Waals surface area contributed by atoms with Gasteiger partial charge in [0, 0.05) is 12.0 Å². The van der Waals surface area contributed by atoms with Crippen molar-refractivity contribution in [2.75, 3.05) is 7.11 Å². The van der Waals surface area contributed by atoms with Gasteiger partial charge in [0.25, 0.3) is 0 Å². The second kappa shape index (κ2) is 8.06. The Morgan fingerprint density at radius 1 is 1.29 bits per heavy atom. The van der Waals surface area contributed by atoms with Gasteiger partial charge in [-0.2, -0.15) is 0 Å². The standard InChI is InChI=1S/C18H28O3/c1-5-6-7-12-18(2,3)15-13-14(9-11-17(19)20)8-10-16(15)21-4/h8,10,13H,5-7,9,11-12H2,1-4H3,(H,19,20). The number of carbonyl (C=O) groups is 1. The molecule has 0 spiro atoms. The smallest absolute Gasteiger partial charge is 0.303 e. The SMILES string of the molecule is CCCCCC(C)(C)c1cc(CCC(=O)O)ccc1OC. The minimum Gasteiger partial charge on any atom is -0.496 e. The molecule has 0 heterocycles. The van der Waals surface area contributed by atoms with Gasteiger partial charge in [0.1, 0.15) is 5.75 Å². The van der Waals surface area contributed by atoms with E-state index in [1.165, 1.54) is 24.8 Å². The van der Waals surface area contributed by atoms with E-state index in [2.05, 4.69) is 26.8 Å². The summed E-state index contributed by atoms with van der Waals surface area (Å²) in [5, 5.41) is 8.82. The van der Waals surface area contributed by atoms with Gasteiger partial charge in [-0.1, -0.05) is 52.2 Å². The van der Waals surface area contributed by atoms with E-state index in [1.807, 2.05) is 12.1 Å². The molecule has 3 heteroatoms. The van der Waals surface area contributed by atoms with Crippen molar-refractivity contribution in [2.24, 2.45) is 0 Å². The minimum atomic E-state index is -0.755. The van der Waals surface area contributed by atoms with Gasteiger partial charge in [0.15, 0.2) is 0 Å². The van der Waals surface area contributed by atoms with Crippen LogP contribution in [0, 0.1) is 0 Å². The zero-order valence-corrected chi connectivity index (χ0v) is 13.7. The Balaban J connectivity index is 2.95. The Labute approximate surface area is 128 Å². The first-order valence-electron chi connectivity index (χ1n) is 7.80. The number of carboxylic acid groups (broad SMARTS) is 1. The molecule has 1 N–H and O–H groups in total. The Bertz CT molecular complexity index is 464. The molecule has 118 valence electrons. The number of hydrogen-bond acceptors (Lipinski definition) is 2. The molecule has 0 saturated carbocycles. The quantitative estimate of drug-likeness (QED) is 0.678. The Hall–Kier alpha value is -1.51. The summed E-state index contributed by atoms with van der Waals surface area (Å²) in [6.45, 7) is 6.68. The molecule has 0 fully saturated rings. The highest BCUT2D eigenvalue weighted by Crippen LogP contribution is 2.36. The van der Waals surface area contributed by atoms with Crippen LogP contribution in [-0.2, 0) is 16.6 Å². The van der Waals surface area contributed by atoms with Crippen molar-refractivity contribution in [3.05, 3.63) is 29.3 Å². The molecular weight excluding hydrogens is 264 g/mol. The maximum Gasteiger partial charge on any atom is 0.303 e. The summed E-state index contributed by atoms with van der Waals surface area (Å²) in [7, 11) is 1.69. The van der Waals surface area contributed by atoms with Crippen molar-refractivity contribution in [2.45, 2.75) is 64.7 Å². The average Bonchev–Trinajstić information content (AvgIpc) is 2.45. The molecule has 0 aliphatic heterocycles. The highest BCUT2D eigenvalue weighted by atomic mass is 16.5. The maximum atomic E-state index is 10.7. The van der Waals surface area contributed by atoms with Crippen LogP contribution in [0.25, 0.3) is 0 Å². The lowest BCUT2D eigenvalue weighted by Crippen LogP contribution is -2.18. The Morgan fingerprint density at radius 3 is 2.57 bits per heavy atom. The molecule has 0 atom stereocenters. The lowest BCUT2D eigenvalue weighted by molar-refractivity contribution is -0.136. The maximum absolute atomic E-state index is 10.7.